The van der Waals surface area contributed by atoms with E-state index in [0.717, 1.165) is 23.6 Å². The topological polar surface area (TPSA) is 69.0 Å². The fourth-order valence-electron chi connectivity index (χ4n) is 2.39. The van der Waals surface area contributed by atoms with Gasteiger partial charge in [-0.2, -0.15) is 0 Å². The largest absolute Gasteiger partial charge is 0.497 e. The molecule has 0 radical (unpaired) electrons. The maximum Gasteiger partial charge on any atom is 0.230 e. The van der Waals surface area contributed by atoms with Gasteiger partial charge in [-0.1, -0.05) is 17.8 Å². The monoisotopic (exact) mass is 388 g/mol. The molecule has 26 heavy (non-hydrogen) atoms. The third-order valence-corrected chi connectivity index (χ3v) is 5.75. The molecule has 0 aliphatic carbocycles. The summed E-state index contributed by atoms with van der Waals surface area (Å²) in [6.45, 7) is 0.649. The second-order valence-electron chi connectivity index (χ2n) is 5.56. The van der Waals surface area contributed by atoms with Crippen molar-refractivity contribution in [3.8, 4) is 17.1 Å². The van der Waals surface area contributed by atoms with Gasteiger partial charge in [0.1, 0.15) is 5.75 Å². The van der Waals surface area contributed by atoms with Gasteiger partial charge in [0.05, 0.1) is 12.9 Å². The molecule has 6 nitrogen and oxygen atoms in total. The Hall–Kier alpha value is -2.32. The van der Waals surface area contributed by atoms with Gasteiger partial charge in [-0.05, 0) is 42.1 Å². The first-order chi connectivity index (χ1) is 12.7. The maximum absolute atomic E-state index is 12.0. The second-order valence-corrected chi connectivity index (χ2v) is 7.54. The predicted molar refractivity (Wildman–Crippen MR) is 105 cm³/mol. The zero-order chi connectivity index (χ0) is 18.4. The highest BCUT2D eigenvalue weighted by Crippen LogP contribution is 2.24. The van der Waals surface area contributed by atoms with Gasteiger partial charge in [0.25, 0.3) is 0 Å². The van der Waals surface area contributed by atoms with E-state index < -0.39 is 0 Å². The molecule has 0 aliphatic rings. The molecule has 2 aromatic heterocycles. The van der Waals surface area contributed by atoms with Crippen LogP contribution in [0.3, 0.4) is 0 Å². The number of carbonyl (C=O) groups excluding carboxylic acids is 1. The number of methoxy groups -OCH3 is 1. The molecule has 3 aromatic rings. The molecule has 0 saturated carbocycles. The van der Waals surface area contributed by atoms with Crippen LogP contribution in [0.25, 0.3) is 11.4 Å². The van der Waals surface area contributed by atoms with E-state index in [-0.39, 0.29) is 5.91 Å². The van der Waals surface area contributed by atoms with Crippen LogP contribution >= 0.6 is 23.1 Å². The third-order valence-electron chi connectivity index (χ3n) is 3.79. The molecule has 1 N–H and O–H groups in total. The molecule has 8 heteroatoms. The number of benzene rings is 1. The minimum atomic E-state index is 0.000513. The molecule has 0 bridgehead atoms. The molecule has 0 fully saturated rings. The lowest BCUT2D eigenvalue weighted by atomic mass is 10.2. The van der Waals surface area contributed by atoms with Gasteiger partial charge in [-0.3, -0.25) is 4.79 Å². The summed E-state index contributed by atoms with van der Waals surface area (Å²) in [5.41, 5.74) is 0.952. The third kappa shape index (κ3) is 4.64. The summed E-state index contributed by atoms with van der Waals surface area (Å²) in [7, 11) is 3.54. The summed E-state index contributed by atoms with van der Waals surface area (Å²) in [6, 6.07) is 11.7. The molecular weight excluding hydrogens is 368 g/mol. The lowest BCUT2D eigenvalue weighted by Crippen LogP contribution is -2.27. The molecular formula is C18H20N4O2S2. The maximum atomic E-state index is 12.0. The number of aromatic nitrogens is 3. The number of amides is 1. The highest BCUT2D eigenvalue weighted by Gasteiger charge is 2.13. The zero-order valence-corrected chi connectivity index (χ0v) is 16.3. The number of ether oxygens (including phenoxy) is 1. The average molecular weight is 389 g/mol. The molecule has 1 amide bonds. The predicted octanol–water partition coefficient (Wildman–Crippen LogP) is 3.00. The number of hydrogen-bond acceptors (Lipinski definition) is 6. The number of rotatable bonds is 8. The minimum Gasteiger partial charge on any atom is -0.497 e. The van der Waals surface area contributed by atoms with Crippen molar-refractivity contribution in [3.05, 3.63) is 46.7 Å². The van der Waals surface area contributed by atoms with E-state index in [1.165, 1.54) is 16.6 Å². The van der Waals surface area contributed by atoms with Gasteiger partial charge >= 0.3 is 0 Å². The first-order valence-corrected chi connectivity index (χ1v) is 9.99. The van der Waals surface area contributed by atoms with E-state index in [0.29, 0.717) is 17.5 Å². The minimum absolute atomic E-state index is 0.000513. The van der Waals surface area contributed by atoms with Gasteiger partial charge in [0.2, 0.25) is 5.91 Å². The fourth-order valence-corrected chi connectivity index (χ4v) is 3.84. The summed E-state index contributed by atoms with van der Waals surface area (Å²) in [4.78, 5) is 13.3. The quantitative estimate of drug-likeness (QED) is 0.601. The Morgan fingerprint density at radius 3 is 2.77 bits per heavy atom. The van der Waals surface area contributed by atoms with E-state index in [1.54, 1.807) is 18.4 Å². The van der Waals surface area contributed by atoms with Gasteiger partial charge < -0.3 is 14.6 Å². The number of thioether (sulfide) groups is 1. The highest BCUT2D eigenvalue weighted by atomic mass is 32.2. The van der Waals surface area contributed by atoms with Crippen LogP contribution in [-0.2, 0) is 18.3 Å². The first kappa shape index (κ1) is 18.5. The lowest BCUT2D eigenvalue weighted by molar-refractivity contribution is -0.118. The Bertz CT molecular complexity index is 845. The van der Waals surface area contributed by atoms with Gasteiger partial charge in [0.15, 0.2) is 11.0 Å². The molecule has 0 atom stereocenters. The van der Waals surface area contributed by atoms with Crippen molar-refractivity contribution in [2.75, 3.05) is 19.4 Å². The Morgan fingerprint density at radius 2 is 2.08 bits per heavy atom. The fraction of sp³-hybridized carbons (Fsp3) is 0.278. The molecule has 1 aromatic carbocycles. The first-order valence-electron chi connectivity index (χ1n) is 8.13. The molecule has 0 aliphatic heterocycles. The van der Waals surface area contributed by atoms with E-state index in [4.69, 9.17) is 4.74 Å². The Labute approximate surface area is 160 Å². The molecule has 136 valence electrons. The Morgan fingerprint density at radius 1 is 1.27 bits per heavy atom. The molecule has 2 heterocycles. The normalized spacial score (nSPS) is 10.7. The Balaban J connectivity index is 1.52. The van der Waals surface area contributed by atoms with E-state index in [1.807, 2.05) is 47.3 Å². The van der Waals surface area contributed by atoms with Gasteiger partial charge in [-0.15, -0.1) is 21.5 Å². The van der Waals surface area contributed by atoms with Gasteiger partial charge in [-0.25, -0.2) is 0 Å². The van der Waals surface area contributed by atoms with Crippen LogP contribution in [0.15, 0.2) is 46.9 Å². The van der Waals surface area contributed by atoms with Crippen molar-refractivity contribution in [2.45, 2.75) is 11.6 Å². The van der Waals surface area contributed by atoms with Crippen LogP contribution in [0.5, 0.6) is 5.75 Å². The van der Waals surface area contributed by atoms with Crippen LogP contribution in [0.4, 0.5) is 0 Å². The number of hydrogen-bond donors (Lipinski definition) is 1. The summed E-state index contributed by atoms with van der Waals surface area (Å²) < 4.78 is 7.06. The van der Waals surface area contributed by atoms with Crippen molar-refractivity contribution in [1.82, 2.24) is 20.1 Å². The van der Waals surface area contributed by atoms with Crippen LogP contribution in [0.1, 0.15) is 4.88 Å². The average Bonchev–Trinajstić information content (AvgIpc) is 3.30. The van der Waals surface area contributed by atoms with Crippen molar-refractivity contribution >= 4 is 29.0 Å². The number of thiophene rings is 1. The van der Waals surface area contributed by atoms with Crippen LogP contribution < -0.4 is 10.1 Å². The standard InChI is InChI=1S/C18H20N4O2S2/c1-22-17(13-5-7-14(24-2)8-6-13)20-21-18(22)26-12-16(23)19-10-9-15-4-3-11-25-15/h3-8,11H,9-10,12H2,1-2H3,(H,19,23). The lowest BCUT2D eigenvalue weighted by Gasteiger charge is -2.06. The number of nitrogens with one attached hydrogen (secondary N) is 1. The van der Waals surface area contributed by atoms with Crippen LogP contribution in [0.2, 0.25) is 0 Å². The van der Waals surface area contributed by atoms with Crippen molar-refractivity contribution < 1.29 is 9.53 Å². The van der Waals surface area contributed by atoms with Crippen LogP contribution in [0, 0.1) is 0 Å². The second kappa shape index (κ2) is 8.86. The summed E-state index contributed by atoms with van der Waals surface area (Å²) in [5, 5.41) is 14.1. The molecule has 0 spiro atoms. The van der Waals surface area contributed by atoms with Crippen molar-refractivity contribution in [1.29, 1.82) is 0 Å². The summed E-state index contributed by atoms with van der Waals surface area (Å²) >= 11 is 3.09. The van der Waals surface area contributed by atoms with Crippen LogP contribution in [-0.4, -0.2) is 40.1 Å². The highest BCUT2D eigenvalue weighted by molar-refractivity contribution is 7.99. The SMILES string of the molecule is COc1ccc(-c2nnc(SCC(=O)NCCc3cccs3)n2C)cc1. The smallest absolute Gasteiger partial charge is 0.230 e. The zero-order valence-electron chi connectivity index (χ0n) is 14.6. The van der Waals surface area contributed by atoms with Crippen molar-refractivity contribution in [2.24, 2.45) is 7.05 Å². The molecule has 3 rings (SSSR count). The number of nitrogens with zero attached hydrogens (tertiary/aromatic N) is 3. The van der Waals surface area contributed by atoms with E-state index in [9.17, 15) is 4.79 Å². The van der Waals surface area contributed by atoms with Crippen molar-refractivity contribution in [3.63, 3.8) is 0 Å². The van der Waals surface area contributed by atoms with E-state index >= 15 is 0 Å². The van der Waals surface area contributed by atoms with Gasteiger partial charge in [0, 0.05) is 24.0 Å². The van der Waals surface area contributed by atoms with E-state index in [2.05, 4.69) is 21.6 Å². The number of carbonyl (C=O) groups is 1. The molecule has 0 unspecified atom stereocenters. The molecule has 0 saturated heterocycles. The Kier molecular flexibility index (Phi) is 6.30. The summed E-state index contributed by atoms with van der Waals surface area (Å²) in [5.74, 6) is 1.87. The summed E-state index contributed by atoms with van der Waals surface area (Å²) in [6.07, 6.45) is 0.861.